The third-order valence-corrected chi connectivity index (χ3v) is 4.98. The Hall–Kier alpha value is -1.97. The molecule has 24 heavy (non-hydrogen) atoms. The first-order valence-corrected chi connectivity index (χ1v) is 7.91. The van der Waals surface area contributed by atoms with Crippen LogP contribution in [0.2, 0.25) is 0 Å². The maximum Gasteiger partial charge on any atom is 0.226 e. The van der Waals surface area contributed by atoms with Crippen molar-refractivity contribution in [1.29, 1.82) is 0 Å². The number of nitrogens with one attached hydrogen (secondary N) is 1. The summed E-state index contributed by atoms with van der Waals surface area (Å²) < 4.78 is 7.60. The summed E-state index contributed by atoms with van der Waals surface area (Å²) in [6.45, 7) is 11.5. The van der Waals surface area contributed by atoms with Gasteiger partial charge in [-0.2, -0.15) is 5.10 Å². The Morgan fingerprint density at radius 3 is 2.83 bits per heavy atom. The van der Waals surface area contributed by atoms with Gasteiger partial charge in [0.15, 0.2) is 5.78 Å². The molecule has 1 aromatic heterocycles. The second kappa shape index (κ2) is 7.73. The van der Waals surface area contributed by atoms with Crippen molar-refractivity contribution in [2.24, 2.45) is 18.9 Å². The quantitative estimate of drug-likeness (QED) is 0.612. The average molecular weight is 334 g/mol. The van der Waals surface area contributed by atoms with E-state index in [0.29, 0.717) is 5.70 Å². The topological polar surface area (TPSA) is 71.5 Å². The van der Waals surface area contributed by atoms with Crippen molar-refractivity contribution >= 4 is 5.78 Å². The highest BCUT2D eigenvalue weighted by atomic mass is 16.5. The normalized spacial score (nSPS) is 27.8. The molecule has 1 aromatic rings. The van der Waals surface area contributed by atoms with Crippen LogP contribution in [-0.2, 0) is 23.7 Å². The van der Waals surface area contributed by atoms with Gasteiger partial charge in [-0.25, -0.2) is 10.3 Å². The Morgan fingerprint density at radius 2 is 2.29 bits per heavy atom. The standard InChI is InChI=1S/C16H19N3O.CH5NO.CH4/c1-5-11-12-7-6-10-9-19(4)18-15(10)16(12,2)8-13(17-3)14(11)20;1-2-3;/h8-9,11-12H,5-7H2,1-2,4H3;2-3H,1H3;1H4/t11-,12-,16-;;/m0../s1/i;;1T. The van der Waals surface area contributed by atoms with Crippen LogP contribution >= 0.6 is 0 Å². The lowest BCUT2D eigenvalue weighted by Gasteiger charge is -2.45. The molecule has 6 nitrogen and oxygen atoms in total. The molecule has 2 aliphatic rings. The van der Waals surface area contributed by atoms with Crippen molar-refractivity contribution in [3.8, 4) is 0 Å². The van der Waals surface area contributed by atoms with Crippen molar-refractivity contribution < 1.29 is 11.4 Å². The van der Waals surface area contributed by atoms with Gasteiger partial charge in [0, 0.05) is 33.0 Å². The fraction of sp³-hybridized carbons (Fsp3) is 0.611. The molecule has 0 aliphatic heterocycles. The summed E-state index contributed by atoms with van der Waals surface area (Å²) in [5.41, 5.74) is 4.09. The predicted molar refractivity (Wildman–Crippen MR) is 93.4 cm³/mol. The Kier molecular flexibility index (Phi) is 5.92. The molecule has 0 amide bonds. The van der Waals surface area contributed by atoms with Crippen LogP contribution in [0.15, 0.2) is 18.0 Å². The second-order valence-corrected chi connectivity index (χ2v) is 6.35. The molecule has 0 spiro atoms. The highest BCUT2D eigenvalue weighted by Crippen LogP contribution is 2.50. The minimum absolute atomic E-state index is 0.0318. The van der Waals surface area contributed by atoms with Crippen molar-refractivity contribution in [3.63, 3.8) is 0 Å². The molecule has 3 rings (SSSR count). The summed E-state index contributed by atoms with van der Waals surface area (Å²) in [4.78, 5) is 15.9. The van der Waals surface area contributed by atoms with Gasteiger partial charge in [0.1, 0.15) is 0 Å². The van der Waals surface area contributed by atoms with E-state index < -0.39 is 0 Å². The average Bonchev–Trinajstić information content (AvgIpc) is 2.99. The first-order chi connectivity index (χ1) is 11.9. The van der Waals surface area contributed by atoms with Gasteiger partial charge >= 0.3 is 0 Å². The lowest BCUT2D eigenvalue weighted by molar-refractivity contribution is -0.122. The van der Waals surface area contributed by atoms with Crippen molar-refractivity contribution in [1.82, 2.24) is 15.3 Å². The van der Waals surface area contributed by atoms with Crippen LogP contribution in [0.5, 0.6) is 0 Å². The van der Waals surface area contributed by atoms with Crippen LogP contribution in [0.1, 0.15) is 46.7 Å². The molecule has 0 bridgehead atoms. The van der Waals surface area contributed by atoms with Crippen molar-refractivity contribution in [2.75, 3.05) is 7.05 Å². The van der Waals surface area contributed by atoms with E-state index in [4.69, 9.17) is 13.2 Å². The van der Waals surface area contributed by atoms with Crippen LogP contribution in [0, 0.1) is 18.4 Å². The van der Waals surface area contributed by atoms with Crippen LogP contribution in [0.3, 0.4) is 0 Å². The van der Waals surface area contributed by atoms with Gasteiger partial charge in [-0.1, -0.05) is 27.3 Å². The molecular weight excluding hydrogens is 304 g/mol. The van der Waals surface area contributed by atoms with E-state index in [9.17, 15) is 4.79 Å². The fourth-order valence-corrected chi connectivity index (χ4v) is 4.04. The van der Waals surface area contributed by atoms with Gasteiger partial charge in [-0.05, 0) is 30.7 Å². The summed E-state index contributed by atoms with van der Waals surface area (Å²) in [5, 5.41) is 11.9. The monoisotopic (exact) mass is 334 g/mol. The predicted octanol–water partition coefficient (Wildman–Crippen LogP) is 2.88. The van der Waals surface area contributed by atoms with Crippen molar-refractivity contribution in [3.05, 3.63) is 40.6 Å². The van der Waals surface area contributed by atoms with Gasteiger partial charge in [0.2, 0.25) is 5.70 Å². The molecule has 3 atom stereocenters. The molecule has 0 unspecified atom stereocenters. The maximum atomic E-state index is 12.4. The lowest BCUT2D eigenvalue weighted by Crippen LogP contribution is -2.46. The largest absolute Gasteiger partial charge is 0.317 e. The van der Waals surface area contributed by atoms with E-state index in [2.05, 4.69) is 23.1 Å². The van der Waals surface area contributed by atoms with Gasteiger partial charge < -0.3 is 10.0 Å². The molecule has 1 heterocycles. The Labute approximate surface area is 145 Å². The Balaban J connectivity index is 0.000000567. The van der Waals surface area contributed by atoms with Gasteiger partial charge in [0.05, 0.1) is 12.3 Å². The smallest absolute Gasteiger partial charge is 0.226 e. The summed E-state index contributed by atoms with van der Waals surface area (Å²) in [6, 6.07) is 0. The number of rotatable bonds is 1. The number of carbonyl (C=O) groups excluding carboxylic acids is 1. The SMILES string of the molecule is CNO.[3H]C.[C-]#[N+]C1=C[C@]2(C)c3nn(C)cc3CC[C@H]2[C@H](CC)C1=O. The number of allylic oxidation sites excluding steroid dienone is 2. The summed E-state index contributed by atoms with van der Waals surface area (Å²) in [7, 11) is 4.61. The molecule has 0 aromatic carbocycles. The first kappa shape index (κ1) is 18.4. The molecule has 0 fully saturated rings. The third-order valence-electron chi connectivity index (χ3n) is 4.98. The second-order valence-electron chi connectivity index (χ2n) is 6.35. The number of hydroxylamine groups is 1. The number of hydrogen-bond donors (Lipinski definition) is 2. The van der Waals surface area contributed by atoms with E-state index in [1.54, 1.807) is 5.48 Å². The highest BCUT2D eigenvalue weighted by Gasteiger charge is 2.50. The number of aromatic nitrogens is 2. The molecule has 2 aliphatic carbocycles. The number of nitrogens with zero attached hydrogens (tertiary/aromatic N) is 3. The molecule has 0 saturated carbocycles. The van der Waals surface area contributed by atoms with Crippen LogP contribution in [0.4, 0.5) is 0 Å². The van der Waals surface area contributed by atoms with Crippen LogP contribution in [0.25, 0.3) is 4.85 Å². The zero-order chi connectivity index (χ0) is 19.2. The van der Waals surface area contributed by atoms with E-state index in [-0.39, 0.29) is 23.0 Å². The lowest BCUT2D eigenvalue weighted by atomic mass is 9.58. The number of fused-ring (bicyclic) bond motifs is 3. The molecule has 0 saturated heterocycles. The summed E-state index contributed by atoms with van der Waals surface area (Å²) in [5.74, 6) is 0.265. The Morgan fingerprint density at radius 1 is 1.67 bits per heavy atom. The van der Waals surface area contributed by atoms with E-state index >= 15 is 0 Å². The molecular formula is C18H28N4O2. The maximum absolute atomic E-state index is 12.4. The summed E-state index contributed by atoms with van der Waals surface area (Å²) >= 11 is 0. The molecule has 132 valence electrons. The van der Waals surface area contributed by atoms with Crippen LogP contribution < -0.4 is 5.48 Å². The van der Waals surface area contributed by atoms with Crippen molar-refractivity contribution in [2.45, 2.75) is 45.9 Å². The van der Waals surface area contributed by atoms with Gasteiger partial charge in [-0.3, -0.25) is 4.68 Å². The minimum Gasteiger partial charge on any atom is -0.317 e. The number of ketones is 1. The van der Waals surface area contributed by atoms with E-state index in [1.165, 1.54) is 20.0 Å². The first-order valence-electron chi connectivity index (χ1n) is 8.91. The van der Waals surface area contributed by atoms with E-state index in [0.717, 1.165) is 25.0 Å². The third kappa shape index (κ3) is 3.14. The number of carbonyl (C=O) groups is 1. The van der Waals surface area contributed by atoms with E-state index in [1.807, 2.05) is 24.7 Å². The van der Waals surface area contributed by atoms with Gasteiger partial charge in [-0.15, -0.1) is 0 Å². The summed E-state index contributed by atoms with van der Waals surface area (Å²) in [6.07, 6.45) is 6.73. The number of hydrogen-bond acceptors (Lipinski definition) is 4. The zero-order valence-corrected chi connectivity index (χ0v) is 15.1. The van der Waals surface area contributed by atoms with Gasteiger partial charge in [0.25, 0.3) is 0 Å². The number of aryl methyl sites for hydroxylation is 2. The Bertz CT molecular complexity index is 677. The highest BCUT2D eigenvalue weighted by molar-refractivity contribution is 6.00. The molecule has 2 N–H and O–H groups in total. The number of Topliss-reactive ketones (excluding diaryl/α,β-unsaturated/α-hetero) is 1. The molecule has 6 heteroatoms. The fourth-order valence-electron chi connectivity index (χ4n) is 4.04. The molecule has 0 radical (unpaired) electrons. The zero-order valence-electron chi connectivity index (χ0n) is 16.1. The van der Waals surface area contributed by atoms with Crippen LogP contribution in [-0.4, -0.2) is 27.8 Å². The minimum atomic E-state index is -0.274.